The van der Waals surface area contributed by atoms with Crippen molar-refractivity contribution < 1.29 is 13.2 Å². The summed E-state index contributed by atoms with van der Waals surface area (Å²) in [4.78, 5) is 12.4. The van der Waals surface area contributed by atoms with Crippen molar-refractivity contribution in [1.82, 2.24) is 0 Å². The predicted molar refractivity (Wildman–Crippen MR) is 114 cm³/mol. The highest BCUT2D eigenvalue weighted by molar-refractivity contribution is 7.90. The van der Waals surface area contributed by atoms with Crippen LogP contribution in [0.5, 0.6) is 0 Å². The number of nitrogens with zero attached hydrogens (tertiary/aromatic N) is 1. The second kappa shape index (κ2) is 8.55. The second-order valence-corrected chi connectivity index (χ2v) is 8.39. The first kappa shape index (κ1) is 20.1. The maximum Gasteiger partial charge on any atom is 0.248 e. The Morgan fingerprint density at radius 2 is 1.72 bits per heavy atom. The Morgan fingerprint density at radius 3 is 2.41 bits per heavy atom. The molecule has 0 aromatic heterocycles. The summed E-state index contributed by atoms with van der Waals surface area (Å²) < 4.78 is 24.0. The molecule has 6 heteroatoms. The molecule has 0 aliphatic rings. The summed E-state index contributed by atoms with van der Waals surface area (Å²) in [6.07, 6.45) is 4.20. The third-order valence-corrected chi connectivity index (χ3v) is 5.35. The molecule has 0 aliphatic heterocycles. The number of nitrogens with one attached hydrogen (secondary N) is 1. The SMILES string of the molecule is CS(=O)(=O)c1ccccc1-c1ccc(NC(=O)/C=C/c2cccc(C#N)c2)cc1. The fraction of sp³-hybridized carbons (Fsp3) is 0.0435. The summed E-state index contributed by atoms with van der Waals surface area (Å²) >= 11 is 0. The summed E-state index contributed by atoms with van der Waals surface area (Å²) in [5.74, 6) is -0.309. The minimum Gasteiger partial charge on any atom is -0.323 e. The first-order valence-electron chi connectivity index (χ1n) is 8.75. The van der Waals surface area contributed by atoms with Crippen LogP contribution < -0.4 is 5.32 Å². The number of carbonyl (C=O) groups excluding carboxylic acids is 1. The number of rotatable bonds is 5. The Bertz CT molecular complexity index is 1220. The van der Waals surface area contributed by atoms with Crippen LogP contribution in [0.2, 0.25) is 0 Å². The molecule has 0 spiro atoms. The van der Waals surface area contributed by atoms with Gasteiger partial charge in [-0.05, 0) is 47.5 Å². The predicted octanol–water partition coefficient (Wildman–Crippen LogP) is 4.28. The van der Waals surface area contributed by atoms with Gasteiger partial charge in [0.25, 0.3) is 0 Å². The van der Waals surface area contributed by atoms with E-state index >= 15 is 0 Å². The number of anilines is 1. The van der Waals surface area contributed by atoms with Crippen molar-refractivity contribution >= 4 is 27.5 Å². The van der Waals surface area contributed by atoms with E-state index in [1.807, 2.05) is 0 Å². The highest BCUT2D eigenvalue weighted by Crippen LogP contribution is 2.28. The number of carbonyl (C=O) groups is 1. The zero-order valence-corrected chi connectivity index (χ0v) is 16.5. The highest BCUT2D eigenvalue weighted by Gasteiger charge is 2.13. The van der Waals surface area contributed by atoms with Crippen molar-refractivity contribution in [3.8, 4) is 17.2 Å². The molecule has 5 nitrogen and oxygen atoms in total. The van der Waals surface area contributed by atoms with Crippen LogP contribution in [0.25, 0.3) is 17.2 Å². The van der Waals surface area contributed by atoms with E-state index < -0.39 is 9.84 Å². The second-order valence-electron chi connectivity index (χ2n) is 6.41. The van der Waals surface area contributed by atoms with E-state index in [-0.39, 0.29) is 10.8 Å². The standard InChI is InChI=1S/C23H18N2O3S/c1-29(27,28)22-8-3-2-7-21(22)19-10-12-20(13-11-19)25-23(26)14-9-17-5-4-6-18(15-17)16-24/h2-15H,1H3,(H,25,26)/b14-9+. The Labute approximate surface area is 169 Å². The molecular weight excluding hydrogens is 384 g/mol. The summed E-state index contributed by atoms with van der Waals surface area (Å²) in [6, 6.07) is 22.8. The molecular formula is C23H18N2O3S. The van der Waals surface area contributed by atoms with E-state index in [4.69, 9.17) is 5.26 Å². The van der Waals surface area contributed by atoms with Crippen molar-refractivity contribution in [3.63, 3.8) is 0 Å². The van der Waals surface area contributed by atoms with E-state index in [0.717, 1.165) is 11.1 Å². The normalized spacial score (nSPS) is 11.2. The average molecular weight is 402 g/mol. The number of sulfone groups is 1. The summed E-state index contributed by atoms with van der Waals surface area (Å²) in [7, 11) is -3.35. The lowest BCUT2D eigenvalue weighted by Crippen LogP contribution is -2.07. The van der Waals surface area contributed by atoms with Crippen LogP contribution >= 0.6 is 0 Å². The van der Waals surface area contributed by atoms with Gasteiger partial charge < -0.3 is 5.32 Å². The third-order valence-electron chi connectivity index (χ3n) is 4.19. The number of amides is 1. The van der Waals surface area contributed by atoms with Gasteiger partial charge in [0.05, 0.1) is 16.5 Å². The summed E-state index contributed by atoms with van der Waals surface area (Å²) in [6.45, 7) is 0. The lowest BCUT2D eigenvalue weighted by atomic mass is 10.1. The quantitative estimate of drug-likeness (QED) is 0.645. The molecule has 0 aliphatic carbocycles. The fourth-order valence-corrected chi connectivity index (χ4v) is 3.74. The Balaban J connectivity index is 1.74. The smallest absolute Gasteiger partial charge is 0.248 e. The van der Waals surface area contributed by atoms with Gasteiger partial charge in [0.1, 0.15) is 0 Å². The molecule has 3 aromatic carbocycles. The first-order chi connectivity index (χ1) is 13.9. The molecule has 1 amide bonds. The van der Waals surface area contributed by atoms with Crippen LogP contribution in [0.3, 0.4) is 0 Å². The Morgan fingerprint density at radius 1 is 1.00 bits per heavy atom. The van der Waals surface area contributed by atoms with Crippen LogP contribution in [-0.2, 0) is 14.6 Å². The first-order valence-corrected chi connectivity index (χ1v) is 10.6. The van der Waals surface area contributed by atoms with Crippen LogP contribution in [0.1, 0.15) is 11.1 Å². The number of hydrogen-bond donors (Lipinski definition) is 1. The lowest BCUT2D eigenvalue weighted by Gasteiger charge is -2.09. The van der Waals surface area contributed by atoms with Gasteiger partial charge in [-0.3, -0.25) is 4.79 Å². The Kier molecular flexibility index (Phi) is 5.91. The molecule has 0 heterocycles. The monoisotopic (exact) mass is 402 g/mol. The molecule has 144 valence electrons. The minimum absolute atomic E-state index is 0.263. The molecule has 0 saturated carbocycles. The van der Waals surface area contributed by atoms with E-state index in [1.165, 1.54) is 12.3 Å². The van der Waals surface area contributed by atoms with Crippen molar-refractivity contribution in [3.05, 3.63) is 90.0 Å². The van der Waals surface area contributed by atoms with E-state index in [0.29, 0.717) is 16.8 Å². The van der Waals surface area contributed by atoms with Crippen LogP contribution in [0.15, 0.2) is 83.8 Å². The molecule has 3 rings (SSSR count). The number of benzene rings is 3. The molecule has 1 N–H and O–H groups in total. The fourth-order valence-electron chi connectivity index (χ4n) is 2.83. The number of hydrogen-bond acceptors (Lipinski definition) is 4. The van der Waals surface area contributed by atoms with E-state index in [9.17, 15) is 13.2 Å². The van der Waals surface area contributed by atoms with Crippen molar-refractivity contribution in [1.29, 1.82) is 5.26 Å². The van der Waals surface area contributed by atoms with Crippen molar-refractivity contribution in [2.75, 3.05) is 11.6 Å². The van der Waals surface area contributed by atoms with E-state index in [1.54, 1.807) is 78.9 Å². The molecule has 0 unspecified atom stereocenters. The van der Waals surface area contributed by atoms with Gasteiger partial charge in [-0.1, -0.05) is 42.5 Å². The lowest BCUT2D eigenvalue weighted by molar-refractivity contribution is -0.111. The third kappa shape index (κ3) is 5.18. The van der Waals surface area contributed by atoms with Gasteiger partial charge in [0.2, 0.25) is 5.91 Å². The maximum atomic E-state index is 12.1. The zero-order valence-electron chi connectivity index (χ0n) is 15.7. The summed E-state index contributed by atoms with van der Waals surface area (Å²) in [5.41, 5.74) is 3.23. The molecule has 0 saturated heterocycles. The van der Waals surface area contributed by atoms with Crippen molar-refractivity contribution in [2.45, 2.75) is 4.90 Å². The highest BCUT2D eigenvalue weighted by atomic mass is 32.2. The largest absolute Gasteiger partial charge is 0.323 e. The van der Waals surface area contributed by atoms with Crippen molar-refractivity contribution in [2.24, 2.45) is 0 Å². The molecule has 0 fully saturated rings. The zero-order chi connectivity index (χ0) is 20.9. The minimum atomic E-state index is -3.35. The average Bonchev–Trinajstić information content (AvgIpc) is 2.72. The maximum absolute atomic E-state index is 12.1. The van der Waals surface area contributed by atoms with Gasteiger partial charge in [-0.15, -0.1) is 0 Å². The molecule has 0 radical (unpaired) electrons. The van der Waals surface area contributed by atoms with Gasteiger partial charge in [0.15, 0.2) is 9.84 Å². The Hall–Kier alpha value is -3.69. The van der Waals surface area contributed by atoms with E-state index in [2.05, 4.69) is 11.4 Å². The van der Waals surface area contributed by atoms with Crippen LogP contribution in [-0.4, -0.2) is 20.6 Å². The van der Waals surface area contributed by atoms with Crippen LogP contribution in [0.4, 0.5) is 5.69 Å². The topological polar surface area (TPSA) is 87.0 Å². The van der Waals surface area contributed by atoms with Gasteiger partial charge in [0, 0.05) is 23.6 Å². The van der Waals surface area contributed by atoms with Gasteiger partial charge >= 0.3 is 0 Å². The molecule has 0 bridgehead atoms. The molecule has 3 aromatic rings. The van der Waals surface area contributed by atoms with Gasteiger partial charge in [-0.2, -0.15) is 5.26 Å². The van der Waals surface area contributed by atoms with Gasteiger partial charge in [-0.25, -0.2) is 8.42 Å². The molecule has 29 heavy (non-hydrogen) atoms. The summed E-state index contributed by atoms with van der Waals surface area (Å²) in [5, 5.41) is 11.7. The molecule has 0 atom stereocenters. The number of nitriles is 1. The van der Waals surface area contributed by atoms with Crippen LogP contribution in [0, 0.1) is 11.3 Å².